The Morgan fingerprint density at radius 1 is 1.18 bits per heavy atom. The molecule has 2 atom stereocenters. The van der Waals surface area contributed by atoms with Crippen molar-refractivity contribution in [2.75, 3.05) is 26.2 Å². The second-order valence-electron chi connectivity index (χ2n) is 9.78. The number of piperidine rings is 1. The van der Waals surface area contributed by atoms with Crippen LogP contribution in [-0.4, -0.2) is 55.2 Å². The molecule has 7 nitrogen and oxygen atoms in total. The average molecular weight is 522 g/mol. The number of hydrogen-bond donors (Lipinski definition) is 2. The molecule has 1 unspecified atom stereocenters. The molecule has 0 saturated carbocycles. The summed E-state index contributed by atoms with van der Waals surface area (Å²) in [4.78, 5) is 27.8. The summed E-state index contributed by atoms with van der Waals surface area (Å²) < 4.78 is 11.3. The third-order valence-electron chi connectivity index (χ3n) is 6.64. The van der Waals surface area contributed by atoms with Gasteiger partial charge >= 0.3 is 6.09 Å². The quantitative estimate of drug-likeness (QED) is 0.433. The number of carbonyl (C=O) groups excluding carboxylic acids is 2. The van der Waals surface area contributed by atoms with Crippen molar-refractivity contribution in [1.29, 1.82) is 0 Å². The maximum absolute atomic E-state index is 13.8. The molecule has 1 heterocycles. The summed E-state index contributed by atoms with van der Waals surface area (Å²) in [6, 6.07) is 9.83. The van der Waals surface area contributed by atoms with Crippen LogP contribution in [-0.2, 0) is 20.9 Å². The number of nitrogens with zero attached hydrogens (tertiary/aromatic N) is 1. The standard InChI is InChI=1S/C29H37N3O4.C2H6/c1-20(2)32(23-10-7-13-30-18-23)28(33)26-17-27(24-12-11-21(3)16-25(24)26)35-15-14-31-29(34)36-19-22-8-5-4-6-9-22;1-2/h4-6,8-9,11-12,16-17,20-21,23,30H,7,10,13-15,18-19H2,1-3H3,(H,31,34);1-2H3/t21?,23-;/m1./s1. The minimum absolute atomic E-state index is 0.0474. The third kappa shape index (κ3) is 7.60. The molecule has 4 rings (SSSR count). The summed E-state index contributed by atoms with van der Waals surface area (Å²) in [5.74, 6) is 0.952. The first-order valence-corrected chi connectivity index (χ1v) is 13.9. The topological polar surface area (TPSA) is 79.9 Å². The molecule has 0 radical (unpaired) electrons. The zero-order valence-electron chi connectivity index (χ0n) is 23.5. The Morgan fingerprint density at radius 2 is 1.95 bits per heavy atom. The summed E-state index contributed by atoms with van der Waals surface area (Å²) in [7, 11) is 0. The third-order valence-corrected chi connectivity index (χ3v) is 6.64. The van der Waals surface area contributed by atoms with Crippen molar-refractivity contribution in [1.82, 2.24) is 15.5 Å². The second-order valence-corrected chi connectivity index (χ2v) is 9.78. The number of allylic oxidation sites excluding steroid dienone is 5. The lowest BCUT2D eigenvalue weighted by Crippen LogP contribution is -2.52. The highest BCUT2D eigenvalue weighted by Crippen LogP contribution is 2.38. The van der Waals surface area contributed by atoms with Crippen LogP contribution in [0.15, 0.2) is 77.1 Å². The predicted molar refractivity (Wildman–Crippen MR) is 151 cm³/mol. The van der Waals surface area contributed by atoms with Crippen molar-refractivity contribution in [2.24, 2.45) is 5.92 Å². The van der Waals surface area contributed by atoms with Gasteiger partial charge in [-0.2, -0.15) is 0 Å². The van der Waals surface area contributed by atoms with Crippen LogP contribution in [0, 0.1) is 5.92 Å². The number of carbonyl (C=O) groups is 2. The van der Waals surface area contributed by atoms with Gasteiger partial charge in [-0.3, -0.25) is 4.79 Å². The van der Waals surface area contributed by atoms with Crippen LogP contribution in [0.3, 0.4) is 0 Å². The van der Waals surface area contributed by atoms with Gasteiger partial charge in [0, 0.05) is 24.2 Å². The first-order valence-electron chi connectivity index (χ1n) is 13.9. The van der Waals surface area contributed by atoms with Crippen LogP contribution < -0.4 is 10.6 Å². The Hall–Kier alpha value is -3.32. The van der Waals surface area contributed by atoms with Gasteiger partial charge in [-0.1, -0.05) is 69.3 Å². The van der Waals surface area contributed by atoms with E-state index in [0.29, 0.717) is 17.9 Å². The van der Waals surface area contributed by atoms with E-state index >= 15 is 0 Å². The van der Waals surface area contributed by atoms with Crippen molar-refractivity contribution >= 4 is 12.0 Å². The van der Waals surface area contributed by atoms with E-state index in [4.69, 9.17) is 9.47 Å². The Labute approximate surface area is 227 Å². The van der Waals surface area contributed by atoms with Gasteiger partial charge in [-0.05, 0) is 56.4 Å². The number of benzene rings is 1. The van der Waals surface area contributed by atoms with Crippen LogP contribution in [0.2, 0.25) is 0 Å². The Bertz CT molecular complexity index is 1070. The maximum atomic E-state index is 13.8. The minimum Gasteiger partial charge on any atom is -0.491 e. The van der Waals surface area contributed by atoms with E-state index in [1.165, 1.54) is 0 Å². The molecule has 7 heteroatoms. The molecule has 38 heavy (non-hydrogen) atoms. The van der Waals surface area contributed by atoms with Crippen LogP contribution >= 0.6 is 0 Å². The molecule has 2 N–H and O–H groups in total. The first kappa shape index (κ1) is 29.2. The summed E-state index contributed by atoms with van der Waals surface area (Å²) in [5, 5.41) is 6.15. The maximum Gasteiger partial charge on any atom is 0.407 e. The SMILES string of the molecule is CC.CC1C=CC2=C(OCCNC(=O)OCc3ccccc3)C=C(C(=O)N(C(C)C)[C@@H]3CCCNC3)C2=C1. The summed E-state index contributed by atoms with van der Waals surface area (Å²) >= 11 is 0. The molecule has 0 aromatic heterocycles. The highest BCUT2D eigenvalue weighted by molar-refractivity contribution is 6.02. The number of fused-ring (bicyclic) bond motifs is 1. The van der Waals surface area contributed by atoms with Crippen LogP contribution in [0.1, 0.15) is 53.0 Å². The first-order chi connectivity index (χ1) is 18.4. The Kier molecular flexibility index (Phi) is 11.2. The smallest absolute Gasteiger partial charge is 0.407 e. The fourth-order valence-electron chi connectivity index (χ4n) is 4.90. The van der Waals surface area contributed by atoms with Crippen LogP contribution in [0.4, 0.5) is 4.79 Å². The van der Waals surface area contributed by atoms with Crippen LogP contribution in [0.5, 0.6) is 0 Å². The zero-order valence-corrected chi connectivity index (χ0v) is 23.5. The number of ether oxygens (including phenoxy) is 2. The fraction of sp³-hybridized carbons (Fsp3) is 0.484. The van der Waals surface area contributed by atoms with Gasteiger partial charge in [0.2, 0.25) is 0 Å². The molecule has 3 aliphatic rings. The molecule has 2 aliphatic carbocycles. The van der Waals surface area contributed by atoms with Gasteiger partial charge in [0.1, 0.15) is 19.0 Å². The summed E-state index contributed by atoms with van der Waals surface area (Å²) in [6.07, 6.45) is 9.73. The molecule has 1 fully saturated rings. The van der Waals surface area contributed by atoms with E-state index in [0.717, 1.165) is 42.6 Å². The van der Waals surface area contributed by atoms with Crippen molar-refractivity contribution in [3.8, 4) is 0 Å². The van der Waals surface area contributed by atoms with Gasteiger partial charge in [0.05, 0.1) is 12.1 Å². The van der Waals surface area contributed by atoms with Gasteiger partial charge in [0.15, 0.2) is 0 Å². The lowest BCUT2D eigenvalue weighted by atomic mass is 9.91. The molecular weight excluding hydrogens is 478 g/mol. The minimum atomic E-state index is -0.487. The molecule has 0 spiro atoms. The highest BCUT2D eigenvalue weighted by Gasteiger charge is 2.35. The molecule has 1 saturated heterocycles. The highest BCUT2D eigenvalue weighted by atomic mass is 16.5. The molecular formula is C31H43N3O4. The van der Waals surface area contributed by atoms with E-state index in [1.807, 2.05) is 61.2 Å². The van der Waals surface area contributed by atoms with E-state index in [2.05, 4.69) is 43.6 Å². The average Bonchev–Trinajstić information content (AvgIpc) is 3.29. The number of amides is 2. The fourth-order valence-corrected chi connectivity index (χ4v) is 4.90. The molecule has 206 valence electrons. The predicted octanol–water partition coefficient (Wildman–Crippen LogP) is 5.27. The number of rotatable bonds is 9. The normalized spacial score (nSPS) is 20.1. The summed E-state index contributed by atoms with van der Waals surface area (Å²) in [6.45, 7) is 12.9. The molecule has 1 aliphatic heterocycles. The number of alkyl carbamates (subject to hydrolysis) is 1. The lowest BCUT2D eigenvalue weighted by molar-refractivity contribution is -0.131. The van der Waals surface area contributed by atoms with E-state index in [1.54, 1.807) is 0 Å². The van der Waals surface area contributed by atoms with Crippen molar-refractivity contribution in [3.63, 3.8) is 0 Å². The molecule has 1 aromatic carbocycles. The van der Waals surface area contributed by atoms with E-state index < -0.39 is 6.09 Å². The lowest BCUT2D eigenvalue weighted by Gasteiger charge is -2.38. The van der Waals surface area contributed by atoms with Gasteiger partial charge in [-0.25, -0.2) is 4.79 Å². The number of nitrogens with one attached hydrogen (secondary N) is 2. The monoisotopic (exact) mass is 521 g/mol. The second kappa shape index (κ2) is 14.6. The molecule has 2 amide bonds. The van der Waals surface area contributed by atoms with Gasteiger partial charge < -0.3 is 25.0 Å². The van der Waals surface area contributed by atoms with Gasteiger partial charge in [-0.15, -0.1) is 0 Å². The zero-order chi connectivity index (χ0) is 27.5. The van der Waals surface area contributed by atoms with Gasteiger partial charge in [0.25, 0.3) is 5.91 Å². The van der Waals surface area contributed by atoms with Crippen LogP contribution in [0.25, 0.3) is 0 Å². The number of hydrogen-bond acceptors (Lipinski definition) is 5. The molecule has 0 bridgehead atoms. The van der Waals surface area contributed by atoms with Crippen molar-refractivity contribution in [3.05, 3.63) is 82.7 Å². The van der Waals surface area contributed by atoms with E-state index in [9.17, 15) is 9.59 Å². The Morgan fingerprint density at radius 3 is 2.63 bits per heavy atom. The molecule has 1 aromatic rings. The van der Waals surface area contributed by atoms with E-state index in [-0.39, 0.29) is 37.1 Å². The summed E-state index contributed by atoms with van der Waals surface area (Å²) in [5.41, 5.74) is 3.48. The Balaban J connectivity index is 0.00000195. The van der Waals surface area contributed by atoms with Crippen molar-refractivity contribution < 1.29 is 19.1 Å². The largest absolute Gasteiger partial charge is 0.491 e. The van der Waals surface area contributed by atoms with Crippen molar-refractivity contribution in [2.45, 2.75) is 66.2 Å².